The van der Waals surface area contributed by atoms with Crippen molar-refractivity contribution in [2.75, 3.05) is 7.11 Å². The monoisotopic (exact) mass is 250 g/mol. The van der Waals surface area contributed by atoms with Gasteiger partial charge in [0.1, 0.15) is 0 Å². The zero-order valence-corrected chi connectivity index (χ0v) is 11.2. The maximum atomic E-state index is 11.6. The highest BCUT2D eigenvalue weighted by atomic mass is 16.5. The molecule has 0 atom stereocenters. The molecule has 98 valence electrons. The highest BCUT2D eigenvalue weighted by Gasteiger charge is 2.74. The van der Waals surface area contributed by atoms with Crippen LogP contribution in [0.3, 0.4) is 0 Å². The number of ether oxygens (including phenoxy) is 1. The Morgan fingerprint density at radius 2 is 1.94 bits per heavy atom. The average molecular weight is 250 g/mol. The van der Waals surface area contributed by atoms with Crippen molar-refractivity contribution in [1.29, 1.82) is 0 Å². The van der Waals surface area contributed by atoms with E-state index in [1.807, 2.05) is 20.8 Å². The quantitative estimate of drug-likeness (QED) is 0.751. The number of aromatic nitrogens is 2. The second-order valence-corrected chi connectivity index (χ2v) is 6.76. The molecule has 3 fully saturated rings. The van der Waals surface area contributed by atoms with Crippen LogP contribution in [-0.4, -0.2) is 23.2 Å². The lowest BCUT2D eigenvalue weighted by atomic mass is 9.35. The molecule has 5 nitrogen and oxygen atoms in total. The summed E-state index contributed by atoms with van der Waals surface area (Å²) in [7, 11) is 1.45. The topological polar surface area (TPSA) is 65.2 Å². The second kappa shape index (κ2) is 3.13. The molecule has 4 rings (SSSR count). The lowest BCUT2D eigenvalue weighted by molar-refractivity contribution is -0.199. The van der Waals surface area contributed by atoms with Crippen LogP contribution in [0.4, 0.5) is 0 Å². The van der Waals surface area contributed by atoms with Gasteiger partial charge in [-0.3, -0.25) is 4.79 Å². The molecule has 0 amide bonds. The third-order valence-electron chi connectivity index (χ3n) is 4.19. The summed E-state index contributed by atoms with van der Waals surface area (Å²) in [5.41, 5.74) is -0.409. The SMILES string of the molecule is COC(=O)C12CC(c3noc(C(C)(C)C)n3)(C1)C2. The molecule has 1 aromatic heterocycles. The summed E-state index contributed by atoms with van der Waals surface area (Å²) in [6.45, 7) is 6.13. The van der Waals surface area contributed by atoms with E-state index in [-0.39, 0.29) is 22.2 Å². The van der Waals surface area contributed by atoms with Gasteiger partial charge in [-0.1, -0.05) is 25.9 Å². The normalized spacial score (nSPS) is 33.6. The minimum Gasteiger partial charge on any atom is -0.469 e. The van der Waals surface area contributed by atoms with Crippen LogP contribution in [-0.2, 0) is 20.4 Å². The maximum Gasteiger partial charge on any atom is 0.311 e. The van der Waals surface area contributed by atoms with Crippen molar-refractivity contribution >= 4 is 5.97 Å². The van der Waals surface area contributed by atoms with Crippen molar-refractivity contribution in [1.82, 2.24) is 10.1 Å². The van der Waals surface area contributed by atoms with Gasteiger partial charge in [0.15, 0.2) is 5.82 Å². The first-order valence-corrected chi connectivity index (χ1v) is 6.25. The van der Waals surface area contributed by atoms with E-state index in [1.165, 1.54) is 7.11 Å². The summed E-state index contributed by atoms with van der Waals surface area (Å²) < 4.78 is 10.2. The largest absolute Gasteiger partial charge is 0.469 e. The molecule has 3 aliphatic rings. The Morgan fingerprint density at radius 3 is 2.39 bits per heavy atom. The van der Waals surface area contributed by atoms with E-state index in [1.54, 1.807) is 0 Å². The number of nitrogens with zero attached hydrogens (tertiary/aromatic N) is 2. The summed E-state index contributed by atoms with van der Waals surface area (Å²) in [4.78, 5) is 16.1. The maximum absolute atomic E-state index is 11.6. The van der Waals surface area contributed by atoms with Crippen LogP contribution in [0, 0.1) is 5.41 Å². The van der Waals surface area contributed by atoms with E-state index in [9.17, 15) is 4.79 Å². The molecule has 18 heavy (non-hydrogen) atoms. The molecule has 0 N–H and O–H groups in total. The van der Waals surface area contributed by atoms with Gasteiger partial charge in [0.25, 0.3) is 0 Å². The van der Waals surface area contributed by atoms with E-state index in [0.29, 0.717) is 5.89 Å². The van der Waals surface area contributed by atoms with Crippen LogP contribution in [0.25, 0.3) is 0 Å². The van der Waals surface area contributed by atoms with Crippen molar-refractivity contribution in [2.24, 2.45) is 5.41 Å². The van der Waals surface area contributed by atoms with Gasteiger partial charge < -0.3 is 9.26 Å². The number of methoxy groups -OCH3 is 1. The third kappa shape index (κ3) is 1.30. The minimum absolute atomic E-state index is 0.0266. The number of hydrogen-bond donors (Lipinski definition) is 0. The smallest absolute Gasteiger partial charge is 0.311 e. The van der Waals surface area contributed by atoms with Crippen LogP contribution in [0.5, 0.6) is 0 Å². The van der Waals surface area contributed by atoms with Crippen molar-refractivity contribution < 1.29 is 14.1 Å². The Labute approximate surface area is 106 Å². The summed E-state index contributed by atoms with van der Waals surface area (Å²) in [6, 6.07) is 0. The highest BCUT2D eigenvalue weighted by molar-refractivity contribution is 5.82. The van der Waals surface area contributed by atoms with Crippen molar-refractivity contribution in [3.05, 3.63) is 11.7 Å². The number of rotatable bonds is 2. The van der Waals surface area contributed by atoms with E-state index in [0.717, 1.165) is 25.1 Å². The van der Waals surface area contributed by atoms with Crippen molar-refractivity contribution in [3.63, 3.8) is 0 Å². The van der Waals surface area contributed by atoms with Gasteiger partial charge in [0, 0.05) is 10.8 Å². The number of carbonyl (C=O) groups excluding carboxylic acids is 1. The van der Waals surface area contributed by atoms with Crippen LogP contribution >= 0.6 is 0 Å². The first-order chi connectivity index (χ1) is 8.31. The minimum atomic E-state index is -0.253. The van der Waals surface area contributed by atoms with Gasteiger partial charge in [-0.15, -0.1) is 0 Å². The molecule has 0 aliphatic heterocycles. The lowest BCUT2D eigenvalue weighted by Crippen LogP contribution is -2.68. The van der Waals surface area contributed by atoms with Crippen molar-refractivity contribution in [2.45, 2.75) is 50.9 Å². The van der Waals surface area contributed by atoms with E-state index in [4.69, 9.17) is 9.26 Å². The Bertz CT molecular complexity index is 493. The molecule has 3 aliphatic carbocycles. The molecule has 1 heterocycles. The number of carbonyl (C=O) groups is 1. The summed E-state index contributed by atoms with van der Waals surface area (Å²) >= 11 is 0. The molecule has 5 heteroatoms. The molecule has 1 aromatic rings. The Hall–Kier alpha value is -1.39. The fraction of sp³-hybridized carbons (Fsp3) is 0.769. The van der Waals surface area contributed by atoms with Crippen LogP contribution < -0.4 is 0 Å². The zero-order chi connectivity index (χ0) is 13.2. The van der Waals surface area contributed by atoms with Gasteiger partial charge in [-0.2, -0.15) is 4.98 Å². The molecule has 0 unspecified atom stereocenters. The molecule has 2 bridgehead atoms. The molecule has 0 saturated heterocycles. The lowest BCUT2D eigenvalue weighted by Gasteiger charge is -2.66. The Balaban J connectivity index is 1.77. The molecule has 3 saturated carbocycles. The summed E-state index contributed by atoms with van der Waals surface area (Å²) in [5, 5.41) is 4.09. The molecule has 0 spiro atoms. The Morgan fingerprint density at radius 1 is 1.33 bits per heavy atom. The van der Waals surface area contributed by atoms with Gasteiger partial charge in [0.05, 0.1) is 12.5 Å². The summed E-state index contributed by atoms with van der Waals surface area (Å²) in [5.74, 6) is 1.33. The molecular formula is C13H18N2O3. The number of esters is 1. The van der Waals surface area contributed by atoms with E-state index < -0.39 is 0 Å². The van der Waals surface area contributed by atoms with Crippen LogP contribution in [0.2, 0.25) is 0 Å². The van der Waals surface area contributed by atoms with Crippen LogP contribution in [0.15, 0.2) is 4.52 Å². The van der Waals surface area contributed by atoms with E-state index >= 15 is 0 Å². The van der Waals surface area contributed by atoms with Gasteiger partial charge in [-0.05, 0) is 19.3 Å². The fourth-order valence-corrected chi connectivity index (χ4v) is 3.20. The fourth-order valence-electron chi connectivity index (χ4n) is 3.20. The van der Waals surface area contributed by atoms with Gasteiger partial charge >= 0.3 is 5.97 Å². The zero-order valence-electron chi connectivity index (χ0n) is 11.2. The third-order valence-corrected chi connectivity index (χ3v) is 4.19. The average Bonchev–Trinajstić information content (AvgIpc) is 2.61. The first-order valence-electron chi connectivity index (χ1n) is 6.25. The van der Waals surface area contributed by atoms with Crippen molar-refractivity contribution in [3.8, 4) is 0 Å². The number of hydrogen-bond acceptors (Lipinski definition) is 5. The molecule has 0 aromatic carbocycles. The second-order valence-electron chi connectivity index (χ2n) is 6.76. The predicted octanol–water partition coefficient (Wildman–Crippen LogP) is 1.96. The molecular weight excluding hydrogens is 232 g/mol. The van der Waals surface area contributed by atoms with Gasteiger partial charge in [0.2, 0.25) is 5.89 Å². The van der Waals surface area contributed by atoms with Crippen LogP contribution in [0.1, 0.15) is 51.7 Å². The van der Waals surface area contributed by atoms with E-state index in [2.05, 4.69) is 10.1 Å². The molecule has 0 radical (unpaired) electrons. The predicted molar refractivity (Wildman–Crippen MR) is 63.0 cm³/mol. The standard InChI is InChI=1S/C13H18N2O3/c1-11(2,3)9-14-8(15-18-9)12-5-13(6-12,7-12)10(16)17-4/h5-7H2,1-4H3. The Kier molecular flexibility index (Phi) is 2.03. The highest BCUT2D eigenvalue weighted by Crippen LogP contribution is 2.73. The summed E-state index contributed by atoms with van der Waals surface area (Å²) in [6.07, 6.45) is 2.40. The first kappa shape index (κ1) is 11.7. The van der Waals surface area contributed by atoms with Gasteiger partial charge in [-0.25, -0.2) is 0 Å².